The van der Waals surface area contributed by atoms with Gasteiger partial charge in [-0.3, -0.25) is 19.7 Å². The number of nitrogens with one attached hydrogen (secondary N) is 2. The number of anilines is 2. The quantitative estimate of drug-likeness (QED) is 0.364. The maximum absolute atomic E-state index is 12.5. The Labute approximate surface area is 190 Å². The summed E-state index contributed by atoms with van der Waals surface area (Å²) < 4.78 is 0. The van der Waals surface area contributed by atoms with E-state index in [2.05, 4.69) is 31.4 Å². The standard InChI is InChI=1S/C24H22ClN3O4/c1-24(2,3)17-7-4-15(5-8-17)22(29)26-18-9-11-19(12-10-18)27-23(30)16-6-13-20(25)21(14-16)28(31)32/h4-14H,1-3H3,(H,26,29)(H,27,30). The minimum Gasteiger partial charge on any atom is -0.322 e. The molecule has 0 saturated heterocycles. The van der Waals surface area contributed by atoms with E-state index in [4.69, 9.17) is 11.6 Å². The van der Waals surface area contributed by atoms with Gasteiger partial charge in [0.2, 0.25) is 0 Å². The fourth-order valence-electron chi connectivity index (χ4n) is 2.96. The summed E-state index contributed by atoms with van der Waals surface area (Å²) in [6.45, 7) is 6.32. The molecule has 3 rings (SSSR count). The molecular weight excluding hydrogens is 430 g/mol. The molecule has 0 unspecified atom stereocenters. The number of carbonyl (C=O) groups excluding carboxylic acids is 2. The second-order valence-corrected chi connectivity index (χ2v) is 8.64. The lowest BCUT2D eigenvalue weighted by Crippen LogP contribution is -2.14. The van der Waals surface area contributed by atoms with Gasteiger partial charge in [0.25, 0.3) is 17.5 Å². The highest BCUT2D eigenvalue weighted by Crippen LogP contribution is 2.26. The van der Waals surface area contributed by atoms with Crippen molar-refractivity contribution < 1.29 is 14.5 Å². The topological polar surface area (TPSA) is 101 Å². The van der Waals surface area contributed by atoms with E-state index in [1.54, 1.807) is 36.4 Å². The van der Waals surface area contributed by atoms with Gasteiger partial charge in [0.05, 0.1) is 4.92 Å². The van der Waals surface area contributed by atoms with Crippen molar-refractivity contribution in [2.75, 3.05) is 10.6 Å². The van der Waals surface area contributed by atoms with Crippen LogP contribution in [0.25, 0.3) is 0 Å². The second kappa shape index (κ2) is 9.20. The summed E-state index contributed by atoms with van der Waals surface area (Å²) in [5.41, 5.74) is 2.49. The van der Waals surface area contributed by atoms with Gasteiger partial charge in [-0.25, -0.2) is 0 Å². The van der Waals surface area contributed by atoms with Crippen LogP contribution in [0.15, 0.2) is 66.7 Å². The molecule has 3 aromatic carbocycles. The van der Waals surface area contributed by atoms with Gasteiger partial charge >= 0.3 is 0 Å². The third-order valence-corrected chi connectivity index (χ3v) is 5.14. The minimum atomic E-state index is -0.646. The number of carbonyl (C=O) groups is 2. The van der Waals surface area contributed by atoms with Gasteiger partial charge in [-0.05, 0) is 59.5 Å². The predicted molar refractivity (Wildman–Crippen MR) is 126 cm³/mol. The molecule has 0 aliphatic carbocycles. The smallest absolute Gasteiger partial charge is 0.288 e. The van der Waals surface area contributed by atoms with Crippen molar-refractivity contribution in [3.05, 3.63) is 98.6 Å². The summed E-state index contributed by atoms with van der Waals surface area (Å²) in [6, 6.07) is 17.8. The van der Waals surface area contributed by atoms with Crippen LogP contribution < -0.4 is 10.6 Å². The van der Waals surface area contributed by atoms with Gasteiger partial charge in [-0.2, -0.15) is 0 Å². The molecule has 0 heterocycles. The zero-order valence-corrected chi connectivity index (χ0v) is 18.6. The van der Waals surface area contributed by atoms with Crippen molar-refractivity contribution in [1.82, 2.24) is 0 Å². The van der Waals surface area contributed by atoms with Gasteiger partial charge in [0.1, 0.15) is 5.02 Å². The van der Waals surface area contributed by atoms with E-state index in [0.717, 1.165) is 11.6 Å². The van der Waals surface area contributed by atoms with Gasteiger partial charge in [0.15, 0.2) is 0 Å². The van der Waals surface area contributed by atoms with Crippen LogP contribution >= 0.6 is 11.6 Å². The Morgan fingerprint density at radius 1 is 0.812 bits per heavy atom. The van der Waals surface area contributed by atoms with Crippen molar-refractivity contribution in [2.24, 2.45) is 0 Å². The van der Waals surface area contributed by atoms with Crippen molar-refractivity contribution in [3.63, 3.8) is 0 Å². The molecule has 0 bridgehead atoms. The van der Waals surface area contributed by atoms with Crippen LogP contribution in [0.1, 0.15) is 47.1 Å². The molecule has 8 heteroatoms. The van der Waals surface area contributed by atoms with Crippen LogP contribution in [0.4, 0.5) is 17.1 Å². The van der Waals surface area contributed by atoms with Crippen molar-refractivity contribution in [1.29, 1.82) is 0 Å². The number of nitro benzene ring substituents is 1. The van der Waals surface area contributed by atoms with Crippen LogP contribution in [-0.2, 0) is 5.41 Å². The predicted octanol–water partition coefficient (Wildman–Crippen LogP) is 6.05. The largest absolute Gasteiger partial charge is 0.322 e. The van der Waals surface area contributed by atoms with Crippen LogP contribution in [0.5, 0.6) is 0 Å². The van der Waals surface area contributed by atoms with Crippen LogP contribution in [0, 0.1) is 10.1 Å². The van der Waals surface area contributed by atoms with Crippen LogP contribution in [-0.4, -0.2) is 16.7 Å². The third kappa shape index (κ3) is 5.50. The minimum absolute atomic E-state index is 0.00615. The third-order valence-electron chi connectivity index (χ3n) is 4.82. The molecular formula is C24H22ClN3O4. The molecule has 0 aliphatic heterocycles. The SMILES string of the molecule is CC(C)(C)c1ccc(C(=O)Nc2ccc(NC(=O)c3ccc(Cl)c([N+](=O)[O-])c3)cc2)cc1. The average Bonchev–Trinajstić information content (AvgIpc) is 2.74. The van der Waals surface area contributed by atoms with Crippen LogP contribution in [0.3, 0.4) is 0 Å². The summed E-state index contributed by atoms with van der Waals surface area (Å²) in [4.78, 5) is 35.2. The first-order valence-electron chi connectivity index (χ1n) is 9.82. The molecule has 2 N–H and O–H groups in total. The molecule has 0 saturated carbocycles. The second-order valence-electron chi connectivity index (χ2n) is 8.24. The Hall–Kier alpha value is -3.71. The first-order chi connectivity index (χ1) is 15.0. The highest BCUT2D eigenvalue weighted by molar-refractivity contribution is 6.32. The van der Waals surface area contributed by atoms with E-state index in [-0.39, 0.29) is 27.6 Å². The Morgan fingerprint density at radius 3 is 1.75 bits per heavy atom. The molecule has 0 spiro atoms. The van der Waals surface area contributed by atoms with E-state index >= 15 is 0 Å². The van der Waals surface area contributed by atoms with E-state index in [9.17, 15) is 19.7 Å². The fraction of sp³-hybridized carbons (Fsp3) is 0.167. The molecule has 164 valence electrons. The Kier molecular flexibility index (Phi) is 6.60. The monoisotopic (exact) mass is 451 g/mol. The molecule has 0 aromatic heterocycles. The highest BCUT2D eigenvalue weighted by Gasteiger charge is 2.17. The zero-order valence-electron chi connectivity index (χ0n) is 17.8. The summed E-state index contributed by atoms with van der Waals surface area (Å²) in [7, 11) is 0. The summed E-state index contributed by atoms with van der Waals surface area (Å²) >= 11 is 5.78. The molecule has 0 fully saturated rings. The lowest BCUT2D eigenvalue weighted by atomic mass is 9.87. The zero-order chi connectivity index (χ0) is 23.5. The maximum atomic E-state index is 12.5. The molecule has 0 atom stereocenters. The molecule has 3 aromatic rings. The number of benzene rings is 3. The first-order valence-corrected chi connectivity index (χ1v) is 10.2. The Bertz CT molecular complexity index is 1170. The average molecular weight is 452 g/mol. The van der Waals surface area contributed by atoms with E-state index in [1.807, 2.05) is 12.1 Å². The lowest BCUT2D eigenvalue weighted by molar-refractivity contribution is -0.384. The summed E-state index contributed by atoms with van der Waals surface area (Å²) in [6.07, 6.45) is 0. The van der Waals surface area contributed by atoms with Gasteiger partial charge in [-0.15, -0.1) is 0 Å². The Morgan fingerprint density at radius 2 is 1.28 bits per heavy atom. The molecule has 0 radical (unpaired) electrons. The molecule has 7 nitrogen and oxygen atoms in total. The number of hydrogen-bond acceptors (Lipinski definition) is 4. The summed E-state index contributed by atoms with van der Waals surface area (Å²) in [5.74, 6) is -0.754. The van der Waals surface area contributed by atoms with Gasteiger partial charge in [-0.1, -0.05) is 44.5 Å². The number of nitro groups is 1. The number of halogens is 1. The van der Waals surface area contributed by atoms with Crippen molar-refractivity contribution >= 4 is 40.5 Å². The lowest BCUT2D eigenvalue weighted by Gasteiger charge is -2.19. The van der Waals surface area contributed by atoms with Gasteiger partial charge in [0, 0.05) is 28.6 Å². The fourth-order valence-corrected chi connectivity index (χ4v) is 3.15. The van der Waals surface area contributed by atoms with Gasteiger partial charge < -0.3 is 10.6 Å². The number of nitrogens with zero attached hydrogens (tertiary/aromatic N) is 1. The molecule has 0 aliphatic rings. The Balaban J connectivity index is 1.65. The van der Waals surface area contributed by atoms with E-state index in [1.165, 1.54) is 12.1 Å². The number of hydrogen-bond donors (Lipinski definition) is 2. The summed E-state index contributed by atoms with van der Waals surface area (Å²) in [5, 5.41) is 16.4. The number of rotatable bonds is 5. The maximum Gasteiger partial charge on any atom is 0.288 e. The molecule has 2 amide bonds. The highest BCUT2D eigenvalue weighted by atomic mass is 35.5. The van der Waals surface area contributed by atoms with E-state index in [0.29, 0.717) is 16.9 Å². The number of amides is 2. The molecule has 32 heavy (non-hydrogen) atoms. The first kappa shape index (κ1) is 23.0. The van der Waals surface area contributed by atoms with E-state index < -0.39 is 10.8 Å². The van der Waals surface area contributed by atoms with Crippen molar-refractivity contribution in [2.45, 2.75) is 26.2 Å². The normalized spacial score (nSPS) is 11.0. The van der Waals surface area contributed by atoms with Crippen molar-refractivity contribution in [3.8, 4) is 0 Å². The van der Waals surface area contributed by atoms with Crippen LogP contribution in [0.2, 0.25) is 5.02 Å².